The number of benzene rings is 1. The number of rotatable bonds is 5. The molecule has 0 amide bonds. The molecule has 0 spiro atoms. The summed E-state index contributed by atoms with van der Waals surface area (Å²) in [4.78, 5) is 0. The van der Waals surface area contributed by atoms with E-state index < -0.39 is 0 Å². The number of nitrogens with zero attached hydrogens (tertiary/aromatic N) is 1. The first-order valence-corrected chi connectivity index (χ1v) is 4.81. The fourth-order valence-electron chi connectivity index (χ4n) is 1.46. The van der Waals surface area contributed by atoms with E-state index in [-0.39, 0.29) is 0 Å². The first-order chi connectivity index (χ1) is 7.62. The van der Waals surface area contributed by atoms with Crippen molar-refractivity contribution in [3.05, 3.63) is 17.7 Å². The molecule has 0 aromatic heterocycles. The molecular formula is C11H17NO4. The minimum Gasteiger partial charge on any atom is -0.496 e. The molecule has 1 aromatic carbocycles. The van der Waals surface area contributed by atoms with Crippen LogP contribution in [0.3, 0.4) is 0 Å². The predicted molar refractivity (Wildman–Crippen MR) is 59.4 cm³/mol. The van der Waals surface area contributed by atoms with E-state index >= 15 is 0 Å². The predicted octanol–water partition coefficient (Wildman–Crippen LogP) is 1.53. The minimum absolute atomic E-state index is 0.351. The van der Waals surface area contributed by atoms with E-state index in [9.17, 15) is 5.21 Å². The Morgan fingerprint density at radius 1 is 1.00 bits per heavy atom. The second kappa shape index (κ2) is 5.58. The van der Waals surface area contributed by atoms with Gasteiger partial charge >= 0.3 is 0 Å². The summed E-state index contributed by atoms with van der Waals surface area (Å²) in [6, 6.07) is 3.52. The molecule has 0 aliphatic rings. The van der Waals surface area contributed by atoms with Gasteiger partial charge in [0.15, 0.2) is 11.5 Å². The van der Waals surface area contributed by atoms with Gasteiger partial charge in [-0.15, -0.1) is 0 Å². The Bertz CT molecular complexity index is 352. The zero-order valence-electron chi connectivity index (χ0n) is 9.98. The molecule has 1 N–H and O–H groups in total. The first-order valence-electron chi connectivity index (χ1n) is 4.81. The van der Waals surface area contributed by atoms with E-state index in [1.165, 1.54) is 0 Å². The Kier molecular flexibility index (Phi) is 4.39. The van der Waals surface area contributed by atoms with Crippen molar-refractivity contribution in [2.45, 2.75) is 6.54 Å². The molecule has 90 valence electrons. The van der Waals surface area contributed by atoms with Crippen LogP contribution in [-0.4, -0.2) is 38.6 Å². The van der Waals surface area contributed by atoms with Crippen LogP contribution in [0.2, 0.25) is 0 Å². The van der Waals surface area contributed by atoms with Gasteiger partial charge in [-0.1, -0.05) is 0 Å². The topological polar surface area (TPSA) is 51.2 Å². The number of hydroxylamine groups is 2. The molecule has 0 unspecified atom stereocenters. The molecule has 16 heavy (non-hydrogen) atoms. The normalized spacial score (nSPS) is 10.4. The zero-order chi connectivity index (χ0) is 12.1. The van der Waals surface area contributed by atoms with Crippen LogP contribution in [0.15, 0.2) is 12.1 Å². The second-order valence-corrected chi connectivity index (χ2v) is 3.33. The standard InChI is InChI=1S/C11H17NO4/c1-12(13)7-8-5-10(15-3)11(16-4)6-9(8)14-2/h5-6,13H,7H2,1-4H3. The molecule has 0 aliphatic heterocycles. The molecule has 0 saturated carbocycles. The van der Waals surface area contributed by atoms with E-state index in [2.05, 4.69) is 0 Å². The summed E-state index contributed by atoms with van der Waals surface area (Å²) in [6.07, 6.45) is 0. The van der Waals surface area contributed by atoms with Gasteiger partial charge in [0.2, 0.25) is 0 Å². The van der Waals surface area contributed by atoms with Crippen molar-refractivity contribution < 1.29 is 19.4 Å². The van der Waals surface area contributed by atoms with Gasteiger partial charge < -0.3 is 19.4 Å². The molecule has 0 atom stereocenters. The van der Waals surface area contributed by atoms with Crippen molar-refractivity contribution >= 4 is 0 Å². The van der Waals surface area contributed by atoms with Crippen molar-refractivity contribution in [2.24, 2.45) is 0 Å². The monoisotopic (exact) mass is 227 g/mol. The fourth-order valence-corrected chi connectivity index (χ4v) is 1.46. The molecule has 5 heteroatoms. The highest BCUT2D eigenvalue weighted by Crippen LogP contribution is 2.34. The smallest absolute Gasteiger partial charge is 0.164 e. The summed E-state index contributed by atoms with van der Waals surface area (Å²) < 4.78 is 15.5. The van der Waals surface area contributed by atoms with Crippen LogP contribution < -0.4 is 14.2 Å². The van der Waals surface area contributed by atoms with Gasteiger partial charge in [0.25, 0.3) is 0 Å². The second-order valence-electron chi connectivity index (χ2n) is 3.33. The lowest BCUT2D eigenvalue weighted by Crippen LogP contribution is -2.12. The van der Waals surface area contributed by atoms with Crippen molar-refractivity contribution in [2.75, 3.05) is 28.4 Å². The summed E-state index contributed by atoms with van der Waals surface area (Å²) in [5, 5.41) is 10.3. The van der Waals surface area contributed by atoms with Crippen molar-refractivity contribution in [1.29, 1.82) is 0 Å². The van der Waals surface area contributed by atoms with Gasteiger partial charge in [0.1, 0.15) is 5.75 Å². The van der Waals surface area contributed by atoms with Crippen LogP contribution in [0.5, 0.6) is 17.2 Å². The Morgan fingerprint density at radius 2 is 1.50 bits per heavy atom. The average molecular weight is 227 g/mol. The Labute approximate surface area is 95.1 Å². The highest BCUT2D eigenvalue weighted by atomic mass is 16.5. The molecule has 0 saturated heterocycles. The third kappa shape index (κ3) is 2.77. The van der Waals surface area contributed by atoms with Gasteiger partial charge in [-0.3, -0.25) is 0 Å². The van der Waals surface area contributed by atoms with Crippen molar-refractivity contribution in [1.82, 2.24) is 5.06 Å². The van der Waals surface area contributed by atoms with Crippen LogP contribution in [0, 0.1) is 0 Å². The zero-order valence-corrected chi connectivity index (χ0v) is 9.98. The number of hydrogen-bond acceptors (Lipinski definition) is 5. The summed E-state index contributed by atoms with van der Waals surface area (Å²) in [6.45, 7) is 0.351. The third-order valence-electron chi connectivity index (χ3n) is 2.19. The van der Waals surface area contributed by atoms with Gasteiger partial charge in [-0.05, 0) is 6.07 Å². The highest BCUT2D eigenvalue weighted by molar-refractivity contribution is 5.50. The molecule has 0 bridgehead atoms. The molecule has 5 nitrogen and oxygen atoms in total. The van der Waals surface area contributed by atoms with E-state index in [1.807, 2.05) is 0 Å². The maximum Gasteiger partial charge on any atom is 0.164 e. The quantitative estimate of drug-likeness (QED) is 0.773. The molecule has 0 heterocycles. The van der Waals surface area contributed by atoms with E-state index in [1.54, 1.807) is 40.5 Å². The Balaban J connectivity index is 3.15. The maximum atomic E-state index is 9.22. The summed E-state index contributed by atoms with van der Waals surface area (Å²) in [5.41, 5.74) is 0.824. The number of hydrogen-bond donors (Lipinski definition) is 1. The van der Waals surface area contributed by atoms with E-state index in [0.29, 0.717) is 23.8 Å². The maximum absolute atomic E-state index is 9.22. The van der Waals surface area contributed by atoms with E-state index in [4.69, 9.17) is 14.2 Å². The van der Waals surface area contributed by atoms with Gasteiger partial charge in [0.05, 0.1) is 27.9 Å². The summed E-state index contributed by atoms with van der Waals surface area (Å²) in [7, 11) is 6.27. The lowest BCUT2D eigenvalue weighted by atomic mass is 10.1. The number of methoxy groups -OCH3 is 3. The van der Waals surface area contributed by atoms with Crippen LogP contribution in [0.4, 0.5) is 0 Å². The van der Waals surface area contributed by atoms with Gasteiger partial charge in [-0.25, -0.2) is 0 Å². The van der Waals surface area contributed by atoms with Crippen LogP contribution in [-0.2, 0) is 6.54 Å². The highest BCUT2D eigenvalue weighted by Gasteiger charge is 2.12. The molecule has 0 aliphatic carbocycles. The van der Waals surface area contributed by atoms with Gasteiger partial charge in [0, 0.05) is 18.7 Å². The lowest BCUT2D eigenvalue weighted by Gasteiger charge is -2.15. The van der Waals surface area contributed by atoms with Crippen LogP contribution >= 0.6 is 0 Å². The lowest BCUT2D eigenvalue weighted by molar-refractivity contribution is -0.0735. The van der Waals surface area contributed by atoms with Crippen LogP contribution in [0.25, 0.3) is 0 Å². The molecule has 1 rings (SSSR count). The SMILES string of the molecule is COc1cc(OC)c(OC)cc1CN(C)O. The molecule has 0 fully saturated rings. The molecule has 1 aromatic rings. The minimum atomic E-state index is 0.351. The largest absolute Gasteiger partial charge is 0.496 e. The Hall–Kier alpha value is -1.46. The average Bonchev–Trinajstić information content (AvgIpc) is 2.27. The van der Waals surface area contributed by atoms with Crippen molar-refractivity contribution in [3.8, 4) is 17.2 Å². The summed E-state index contributed by atoms with van der Waals surface area (Å²) in [5.74, 6) is 1.86. The first kappa shape index (κ1) is 12.6. The van der Waals surface area contributed by atoms with Crippen molar-refractivity contribution in [3.63, 3.8) is 0 Å². The summed E-state index contributed by atoms with van der Waals surface area (Å²) >= 11 is 0. The third-order valence-corrected chi connectivity index (χ3v) is 2.19. The molecular weight excluding hydrogens is 210 g/mol. The number of ether oxygens (including phenoxy) is 3. The fraction of sp³-hybridized carbons (Fsp3) is 0.455. The molecule has 0 radical (unpaired) electrons. The van der Waals surface area contributed by atoms with Gasteiger partial charge in [-0.2, -0.15) is 5.06 Å². The van der Waals surface area contributed by atoms with Crippen LogP contribution in [0.1, 0.15) is 5.56 Å². The Morgan fingerprint density at radius 3 is 1.94 bits per heavy atom. The van der Waals surface area contributed by atoms with E-state index in [0.717, 1.165) is 10.6 Å².